The van der Waals surface area contributed by atoms with Gasteiger partial charge in [-0.3, -0.25) is 14.5 Å². The highest BCUT2D eigenvalue weighted by Gasteiger charge is 2.19. The third-order valence-corrected chi connectivity index (χ3v) is 4.00. The number of anilines is 1. The first kappa shape index (κ1) is 15.4. The van der Waals surface area contributed by atoms with Gasteiger partial charge in [-0.2, -0.15) is 12.7 Å². The number of rotatable bonds is 6. The number of esters is 1. The van der Waals surface area contributed by atoms with E-state index >= 15 is 0 Å². The second-order valence-electron chi connectivity index (χ2n) is 3.89. The van der Waals surface area contributed by atoms with Crippen LogP contribution < -0.4 is 4.72 Å². The smallest absolute Gasteiger partial charge is 0.306 e. The Morgan fingerprint density at radius 2 is 2.21 bits per heavy atom. The van der Waals surface area contributed by atoms with Crippen LogP contribution >= 0.6 is 0 Å². The van der Waals surface area contributed by atoms with Crippen molar-refractivity contribution in [2.24, 2.45) is 0 Å². The number of carbonyl (C=O) groups excluding carboxylic acids is 1. The molecule has 0 bridgehead atoms. The second-order valence-corrected chi connectivity index (χ2v) is 5.67. The summed E-state index contributed by atoms with van der Waals surface area (Å²) in [5.74, 6) is -0.459. The number of aryl methyl sites for hydroxylation is 1. The summed E-state index contributed by atoms with van der Waals surface area (Å²) in [6.07, 6.45) is 1.58. The molecule has 0 saturated carbocycles. The molecule has 0 aliphatic heterocycles. The molecule has 0 aliphatic rings. The first-order valence-electron chi connectivity index (χ1n) is 5.59. The highest BCUT2D eigenvalue weighted by molar-refractivity contribution is 7.90. The molecule has 106 valence electrons. The zero-order chi connectivity index (χ0) is 14.5. The van der Waals surface area contributed by atoms with Crippen molar-refractivity contribution >= 4 is 21.9 Å². The molecule has 1 aromatic heterocycles. The number of ether oxygens (including phenoxy) is 1. The fourth-order valence-electron chi connectivity index (χ4n) is 1.28. The van der Waals surface area contributed by atoms with Crippen molar-refractivity contribution in [2.45, 2.75) is 13.3 Å². The molecule has 19 heavy (non-hydrogen) atoms. The van der Waals surface area contributed by atoms with Crippen LogP contribution in [0.4, 0.5) is 5.69 Å². The lowest BCUT2D eigenvalue weighted by Crippen LogP contribution is -2.34. The zero-order valence-corrected chi connectivity index (χ0v) is 11.9. The third kappa shape index (κ3) is 4.49. The summed E-state index contributed by atoms with van der Waals surface area (Å²) in [6.45, 7) is 1.74. The summed E-state index contributed by atoms with van der Waals surface area (Å²) < 4.78 is 31.9. The molecule has 0 aliphatic carbocycles. The van der Waals surface area contributed by atoms with Crippen molar-refractivity contribution in [3.8, 4) is 0 Å². The van der Waals surface area contributed by atoms with Crippen molar-refractivity contribution < 1.29 is 17.9 Å². The molecule has 0 radical (unpaired) electrons. The van der Waals surface area contributed by atoms with Crippen molar-refractivity contribution in [3.63, 3.8) is 0 Å². The van der Waals surface area contributed by atoms with Gasteiger partial charge in [-0.1, -0.05) is 0 Å². The Morgan fingerprint density at radius 3 is 2.79 bits per heavy atom. The molecule has 0 saturated heterocycles. The molecule has 1 N–H and O–H groups in total. The maximum Gasteiger partial charge on any atom is 0.306 e. The van der Waals surface area contributed by atoms with E-state index in [1.54, 1.807) is 25.3 Å². The Kier molecular flexibility index (Phi) is 5.25. The fourth-order valence-corrected chi connectivity index (χ4v) is 2.26. The first-order chi connectivity index (χ1) is 8.86. The summed E-state index contributed by atoms with van der Waals surface area (Å²) in [6, 6.07) is 3.26. The van der Waals surface area contributed by atoms with E-state index in [2.05, 4.69) is 14.4 Å². The summed E-state index contributed by atoms with van der Waals surface area (Å²) in [7, 11) is -1.06. The van der Waals surface area contributed by atoms with Gasteiger partial charge in [0.05, 0.1) is 24.9 Å². The minimum Gasteiger partial charge on any atom is -0.469 e. The molecule has 1 heterocycles. The van der Waals surface area contributed by atoms with Gasteiger partial charge in [-0.25, -0.2) is 0 Å². The van der Waals surface area contributed by atoms with Crippen LogP contribution in [0.2, 0.25) is 0 Å². The molecular formula is C11H17N3O4S. The molecule has 0 aromatic carbocycles. The lowest BCUT2D eigenvalue weighted by Gasteiger charge is -2.18. The summed E-state index contributed by atoms with van der Waals surface area (Å²) in [5, 5.41) is 0. The number of methoxy groups -OCH3 is 1. The van der Waals surface area contributed by atoms with E-state index in [-0.39, 0.29) is 13.0 Å². The van der Waals surface area contributed by atoms with E-state index in [0.717, 1.165) is 4.31 Å². The lowest BCUT2D eigenvalue weighted by molar-refractivity contribution is -0.140. The molecule has 0 unspecified atom stereocenters. The SMILES string of the molecule is COC(=O)CCN(C)S(=O)(=O)Nc1cccnc1C. The van der Waals surface area contributed by atoms with E-state index in [9.17, 15) is 13.2 Å². The maximum atomic E-state index is 12.0. The standard InChI is InChI=1S/C11H17N3O4S/c1-9-10(5-4-7-12-9)13-19(16,17)14(2)8-6-11(15)18-3/h4-5,7,13H,6,8H2,1-3H3. The van der Waals surface area contributed by atoms with Gasteiger partial charge in [0.25, 0.3) is 0 Å². The number of hydrogen-bond acceptors (Lipinski definition) is 5. The molecule has 7 nitrogen and oxygen atoms in total. The Bertz CT molecular complexity index is 545. The van der Waals surface area contributed by atoms with Crippen molar-refractivity contribution in [3.05, 3.63) is 24.0 Å². The van der Waals surface area contributed by atoms with Gasteiger partial charge in [0, 0.05) is 19.8 Å². The maximum absolute atomic E-state index is 12.0. The van der Waals surface area contributed by atoms with Crippen LogP contribution in [-0.4, -0.2) is 44.4 Å². The normalized spacial score (nSPS) is 11.4. The Hall–Kier alpha value is -1.67. The van der Waals surface area contributed by atoms with Gasteiger partial charge in [0.1, 0.15) is 0 Å². The largest absolute Gasteiger partial charge is 0.469 e. The van der Waals surface area contributed by atoms with E-state index in [0.29, 0.717) is 11.4 Å². The van der Waals surface area contributed by atoms with Crippen molar-refractivity contribution in [1.29, 1.82) is 0 Å². The van der Waals surface area contributed by atoms with Gasteiger partial charge >= 0.3 is 16.2 Å². The Morgan fingerprint density at radius 1 is 1.53 bits per heavy atom. The van der Waals surface area contributed by atoms with Crippen LogP contribution in [-0.2, 0) is 19.7 Å². The highest BCUT2D eigenvalue weighted by Crippen LogP contribution is 2.13. The molecule has 0 fully saturated rings. The molecule has 1 rings (SSSR count). The minimum atomic E-state index is -3.70. The summed E-state index contributed by atoms with van der Waals surface area (Å²) in [4.78, 5) is 15.0. The number of aromatic nitrogens is 1. The van der Waals surface area contributed by atoms with Crippen molar-refractivity contribution in [1.82, 2.24) is 9.29 Å². The van der Waals surface area contributed by atoms with Crippen LogP contribution in [0.25, 0.3) is 0 Å². The quantitative estimate of drug-likeness (QED) is 0.771. The molecule has 0 spiro atoms. The molecule has 1 aromatic rings. The number of carbonyl (C=O) groups is 1. The van der Waals surface area contributed by atoms with Crippen LogP contribution in [0.15, 0.2) is 18.3 Å². The lowest BCUT2D eigenvalue weighted by atomic mass is 10.3. The fraction of sp³-hybridized carbons (Fsp3) is 0.455. The highest BCUT2D eigenvalue weighted by atomic mass is 32.2. The van der Waals surface area contributed by atoms with Crippen LogP contribution in [0.3, 0.4) is 0 Å². The van der Waals surface area contributed by atoms with Gasteiger partial charge in [-0.15, -0.1) is 0 Å². The molecule has 0 atom stereocenters. The Balaban J connectivity index is 2.70. The summed E-state index contributed by atoms with van der Waals surface area (Å²) >= 11 is 0. The van der Waals surface area contributed by atoms with Gasteiger partial charge in [0.2, 0.25) is 0 Å². The van der Waals surface area contributed by atoms with E-state index in [4.69, 9.17) is 0 Å². The first-order valence-corrected chi connectivity index (χ1v) is 7.03. The number of nitrogens with one attached hydrogen (secondary N) is 1. The molecule has 8 heteroatoms. The van der Waals surface area contributed by atoms with E-state index < -0.39 is 16.2 Å². The average molecular weight is 287 g/mol. The number of pyridine rings is 1. The third-order valence-electron chi connectivity index (χ3n) is 2.51. The second kappa shape index (κ2) is 6.48. The van der Waals surface area contributed by atoms with Crippen LogP contribution in [0, 0.1) is 6.92 Å². The number of hydrogen-bond donors (Lipinski definition) is 1. The van der Waals surface area contributed by atoms with Crippen LogP contribution in [0.5, 0.6) is 0 Å². The number of nitrogens with zero attached hydrogens (tertiary/aromatic N) is 2. The molecule has 0 amide bonds. The topological polar surface area (TPSA) is 88.6 Å². The summed E-state index contributed by atoms with van der Waals surface area (Å²) in [5.41, 5.74) is 0.986. The predicted octanol–water partition coefficient (Wildman–Crippen LogP) is 0.542. The average Bonchev–Trinajstić information content (AvgIpc) is 2.37. The van der Waals surface area contributed by atoms with Crippen LogP contribution in [0.1, 0.15) is 12.1 Å². The van der Waals surface area contributed by atoms with E-state index in [1.807, 2.05) is 0 Å². The van der Waals surface area contributed by atoms with Gasteiger partial charge in [0.15, 0.2) is 0 Å². The predicted molar refractivity (Wildman–Crippen MR) is 70.8 cm³/mol. The molecular weight excluding hydrogens is 270 g/mol. The monoisotopic (exact) mass is 287 g/mol. The zero-order valence-electron chi connectivity index (χ0n) is 11.1. The van der Waals surface area contributed by atoms with E-state index in [1.165, 1.54) is 14.2 Å². The van der Waals surface area contributed by atoms with Gasteiger partial charge < -0.3 is 4.74 Å². The Labute approximate surface area is 112 Å². The van der Waals surface area contributed by atoms with Crippen molar-refractivity contribution in [2.75, 3.05) is 25.4 Å². The van der Waals surface area contributed by atoms with Gasteiger partial charge in [-0.05, 0) is 19.1 Å². The minimum absolute atomic E-state index is 0.0000676.